The zero-order valence-corrected chi connectivity index (χ0v) is 11.0. The van der Waals surface area contributed by atoms with Crippen molar-refractivity contribution in [1.82, 2.24) is 20.6 Å². The first-order valence-corrected chi connectivity index (χ1v) is 6.59. The first-order chi connectivity index (χ1) is 9.65. The van der Waals surface area contributed by atoms with E-state index in [1.54, 1.807) is 0 Å². The fourth-order valence-electron chi connectivity index (χ4n) is 2.04. The number of amides is 1. The van der Waals surface area contributed by atoms with Crippen molar-refractivity contribution in [2.75, 3.05) is 26.2 Å². The quantitative estimate of drug-likeness (QED) is 0.494. The molecule has 1 aliphatic rings. The molecule has 2 rings (SSSR count). The van der Waals surface area contributed by atoms with Crippen LogP contribution in [-0.4, -0.2) is 48.2 Å². The summed E-state index contributed by atoms with van der Waals surface area (Å²) in [5.74, 6) is -0.498. The molecule has 1 aromatic rings. The van der Waals surface area contributed by atoms with Gasteiger partial charge in [0.2, 0.25) is 0 Å². The first kappa shape index (κ1) is 14.5. The topological polar surface area (TPSA) is 116 Å². The molecule has 2 heterocycles. The Morgan fingerprint density at radius 3 is 2.75 bits per heavy atom. The second-order valence-corrected chi connectivity index (χ2v) is 4.58. The maximum absolute atomic E-state index is 11.7. The van der Waals surface area contributed by atoms with E-state index in [9.17, 15) is 14.4 Å². The lowest BCUT2D eigenvalue weighted by molar-refractivity contribution is 0.0343. The normalized spacial score (nSPS) is 16.0. The van der Waals surface area contributed by atoms with Gasteiger partial charge in [0.1, 0.15) is 5.69 Å². The van der Waals surface area contributed by atoms with Crippen molar-refractivity contribution in [1.29, 1.82) is 0 Å². The summed E-state index contributed by atoms with van der Waals surface area (Å²) in [6.07, 6.45) is 2.16. The van der Waals surface area contributed by atoms with Crippen LogP contribution in [0.4, 0.5) is 0 Å². The molecule has 0 saturated carbocycles. The van der Waals surface area contributed by atoms with Gasteiger partial charge in [-0.05, 0) is 25.9 Å². The molecule has 8 heteroatoms. The standard InChI is InChI=1S/C12H18N4O4/c17-10-7-9(15-12(19)16-10)11(18)14-5-6-20-8-1-3-13-4-2-8/h7-8,13H,1-6H2,(H,14,18)(H2,15,16,17,19). The molecule has 1 amide bonds. The average Bonchev–Trinajstić information content (AvgIpc) is 2.43. The van der Waals surface area contributed by atoms with Crippen molar-refractivity contribution >= 4 is 5.91 Å². The van der Waals surface area contributed by atoms with Gasteiger partial charge in [0.05, 0.1) is 12.7 Å². The molecule has 0 radical (unpaired) electrons. The van der Waals surface area contributed by atoms with E-state index in [0.717, 1.165) is 32.0 Å². The lowest BCUT2D eigenvalue weighted by Gasteiger charge is -2.22. The molecule has 110 valence electrons. The molecule has 0 atom stereocenters. The molecule has 0 unspecified atom stereocenters. The Morgan fingerprint density at radius 2 is 2.05 bits per heavy atom. The molecular formula is C12H18N4O4. The summed E-state index contributed by atoms with van der Waals surface area (Å²) in [5.41, 5.74) is -1.36. The van der Waals surface area contributed by atoms with Crippen LogP contribution in [0.15, 0.2) is 15.7 Å². The van der Waals surface area contributed by atoms with Crippen molar-refractivity contribution in [2.24, 2.45) is 0 Å². The Bertz CT molecular complexity index is 531. The monoisotopic (exact) mass is 282 g/mol. The predicted octanol–water partition coefficient (Wildman–Crippen LogP) is -1.44. The van der Waals surface area contributed by atoms with Gasteiger partial charge >= 0.3 is 5.69 Å². The molecule has 0 aliphatic carbocycles. The van der Waals surface area contributed by atoms with Crippen LogP contribution in [0.25, 0.3) is 0 Å². The summed E-state index contributed by atoms with van der Waals surface area (Å²) in [6.45, 7) is 2.64. The molecule has 1 saturated heterocycles. The van der Waals surface area contributed by atoms with Crippen LogP contribution in [0, 0.1) is 0 Å². The Morgan fingerprint density at radius 1 is 1.30 bits per heavy atom. The number of piperidine rings is 1. The van der Waals surface area contributed by atoms with E-state index in [1.807, 2.05) is 4.98 Å². The number of hydrogen-bond acceptors (Lipinski definition) is 5. The summed E-state index contributed by atoms with van der Waals surface area (Å²) in [6, 6.07) is 1.05. The molecule has 8 nitrogen and oxygen atoms in total. The van der Waals surface area contributed by atoms with E-state index in [4.69, 9.17) is 4.74 Å². The van der Waals surface area contributed by atoms with Crippen LogP contribution >= 0.6 is 0 Å². The van der Waals surface area contributed by atoms with Gasteiger partial charge in [-0.15, -0.1) is 0 Å². The van der Waals surface area contributed by atoms with Gasteiger partial charge in [-0.2, -0.15) is 0 Å². The summed E-state index contributed by atoms with van der Waals surface area (Å²) >= 11 is 0. The summed E-state index contributed by atoms with van der Waals surface area (Å²) in [4.78, 5) is 38.1. The molecule has 0 aromatic carbocycles. The van der Waals surface area contributed by atoms with Gasteiger partial charge < -0.3 is 20.4 Å². The predicted molar refractivity (Wildman–Crippen MR) is 71.9 cm³/mol. The third kappa shape index (κ3) is 4.32. The van der Waals surface area contributed by atoms with Crippen molar-refractivity contribution in [3.8, 4) is 0 Å². The van der Waals surface area contributed by atoms with Crippen molar-refractivity contribution in [3.05, 3.63) is 32.6 Å². The Balaban J connectivity index is 1.74. The number of H-pyrrole nitrogens is 2. The number of carbonyl (C=O) groups is 1. The highest BCUT2D eigenvalue weighted by molar-refractivity contribution is 5.91. The summed E-state index contributed by atoms with van der Waals surface area (Å²) in [7, 11) is 0. The maximum atomic E-state index is 11.7. The van der Waals surface area contributed by atoms with Crippen molar-refractivity contribution < 1.29 is 9.53 Å². The largest absolute Gasteiger partial charge is 0.376 e. The second kappa shape index (κ2) is 7.01. The molecule has 1 aromatic heterocycles. The van der Waals surface area contributed by atoms with E-state index in [-0.39, 0.29) is 11.8 Å². The lowest BCUT2D eigenvalue weighted by Crippen LogP contribution is -2.35. The van der Waals surface area contributed by atoms with Crippen LogP contribution in [-0.2, 0) is 4.74 Å². The van der Waals surface area contributed by atoms with Gasteiger partial charge in [0.25, 0.3) is 11.5 Å². The maximum Gasteiger partial charge on any atom is 0.326 e. The minimum atomic E-state index is -0.700. The third-order valence-electron chi connectivity index (χ3n) is 3.03. The zero-order valence-electron chi connectivity index (χ0n) is 11.0. The van der Waals surface area contributed by atoms with Crippen LogP contribution in [0.2, 0.25) is 0 Å². The molecule has 1 aliphatic heterocycles. The van der Waals surface area contributed by atoms with Gasteiger partial charge in [-0.1, -0.05) is 0 Å². The van der Waals surface area contributed by atoms with Crippen LogP contribution in [0.5, 0.6) is 0 Å². The summed E-state index contributed by atoms with van der Waals surface area (Å²) < 4.78 is 5.62. The number of aromatic nitrogens is 2. The lowest BCUT2D eigenvalue weighted by atomic mass is 10.1. The molecule has 0 spiro atoms. The number of rotatable bonds is 5. The molecule has 1 fully saturated rings. The number of carbonyl (C=O) groups excluding carboxylic acids is 1. The van der Waals surface area contributed by atoms with E-state index >= 15 is 0 Å². The fourth-order valence-corrected chi connectivity index (χ4v) is 2.04. The highest BCUT2D eigenvalue weighted by atomic mass is 16.5. The smallest absolute Gasteiger partial charge is 0.326 e. The number of nitrogens with one attached hydrogen (secondary N) is 4. The highest BCUT2D eigenvalue weighted by Gasteiger charge is 2.13. The third-order valence-corrected chi connectivity index (χ3v) is 3.03. The number of ether oxygens (including phenoxy) is 1. The zero-order chi connectivity index (χ0) is 14.4. The first-order valence-electron chi connectivity index (χ1n) is 6.59. The second-order valence-electron chi connectivity index (χ2n) is 4.58. The average molecular weight is 282 g/mol. The SMILES string of the molecule is O=C(NCCOC1CCNCC1)c1cc(=O)[nH]c(=O)[nH]1. The van der Waals surface area contributed by atoms with Crippen molar-refractivity contribution in [2.45, 2.75) is 18.9 Å². The Hall–Kier alpha value is -1.93. The Kier molecular flexibility index (Phi) is 5.08. The number of hydrogen-bond donors (Lipinski definition) is 4. The minimum Gasteiger partial charge on any atom is -0.376 e. The van der Waals surface area contributed by atoms with Crippen LogP contribution in [0.3, 0.4) is 0 Å². The van der Waals surface area contributed by atoms with Gasteiger partial charge in [0, 0.05) is 12.6 Å². The van der Waals surface area contributed by atoms with Crippen LogP contribution in [0.1, 0.15) is 23.3 Å². The highest BCUT2D eigenvalue weighted by Crippen LogP contribution is 2.06. The molecule has 0 bridgehead atoms. The van der Waals surface area contributed by atoms with E-state index in [1.165, 1.54) is 0 Å². The summed E-state index contributed by atoms with van der Waals surface area (Å²) in [5, 5.41) is 5.83. The van der Waals surface area contributed by atoms with E-state index in [2.05, 4.69) is 15.6 Å². The molecular weight excluding hydrogens is 264 g/mol. The van der Waals surface area contributed by atoms with E-state index < -0.39 is 17.2 Å². The minimum absolute atomic E-state index is 0.0550. The Labute approximate surface area is 114 Å². The number of aromatic amines is 2. The van der Waals surface area contributed by atoms with E-state index in [0.29, 0.717) is 13.2 Å². The van der Waals surface area contributed by atoms with Crippen LogP contribution < -0.4 is 21.9 Å². The van der Waals surface area contributed by atoms with Crippen molar-refractivity contribution in [3.63, 3.8) is 0 Å². The van der Waals surface area contributed by atoms with Gasteiger partial charge in [-0.25, -0.2) is 4.79 Å². The molecule has 4 N–H and O–H groups in total. The van der Waals surface area contributed by atoms with Gasteiger partial charge in [0.15, 0.2) is 0 Å². The molecule has 20 heavy (non-hydrogen) atoms. The van der Waals surface area contributed by atoms with Gasteiger partial charge in [-0.3, -0.25) is 14.6 Å². The fraction of sp³-hybridized carbons (Fsp3) is 0.583.